The molecule has 0 aliphatic rings. The minimum Gasteiger partial charge on any atom is -0.357 e. The number of aliphatic imine (C=N–C) groups is 1. The Bertz CT molecular complexity index is 750. The molecule has 1 heterocycles. The van der Waals surface area contributed by atoms with Crippen LogP contribution in [0.5, 0.6) is 0 Å². The number of nitrogens with zero attached hydrogens (tertiary/aromatic N) is 2. The zero-order valence-corrected chi connectivity index (χ0v) is 19.3. The lowest BCUT2D eigenvalue weighted by atomic mass is 10.1. The number of halogens is 2. The maximum atomic E-state index is 11.8. The van der Waals surface area contributed by atoms with Crippen molar-refractivity contribution in [3.05, 3.63) is 64.4 Å². The van der Waals surface area contributed by atoms with Gasteiger partial charge >= 0.3 is 0 Å². The van der Waals surface area contributed by atoms with E-state index in [1.807, 2.05) is 44.2 Å². The van der Waals surface area contributed by atoms with E-state index in [9.17, 15) is 4.79 Å². The number of nitrogens with one attached hydrogen (secondary N) is 3. The molecule has 28 heavy (non-hydrogen) atoms. The van der Waals surface area contributed by atoms with E-state index in [2.05, 4.69) is 25.9 Å². The van der Waals surface area contributed by atoms with Gasteiger partial charge in [-0.15, -0.1) is 24.0 Å². The van der Waals surface area contributed by atoms with Crippen LogP contribution in [0, 0.1) is 0 Å². The van der Waals surface area contributed by atoms with Crippen molar-refractivity contribution < 1.29 is 4.79 Å². The summed E-state index contributed by atoms with van der Waals surface area (Å²) in [5, 5.41) is 9.84. The lowest BCUT2D eigenvalue weighted by Crippen LogP contribution is -2.38. The van der Waals surface area contributed by atoms with Crippen LogP contribution in [0.3, 0.4) is 0 Å². The van der Waals surface area contributed by atoms with Crippen molar-refractivity contribution in [2.24, 2.45) is 4.99 Å². The van der Waals surface area contributed by atoms with Crippen molar-refractivity contribution in [1.29, 1.82) is 0 Å². The Morgan fingerprint density at radius 2 is 1.68 bits per heavy atom. The SMILES string of the molecule is CCNC(=O)c1ccc(CN=C(NCC)NCCc2ccc(Cl)nc2)cc1.I. The summed E-state index contributed by atoms with van der Waals surface area (Å²) in [7, 11) is 0. The second-order valence-corrected chi connectivity index (χ2v) is 6.30. The van der Waals surface area contributed by atoms with Gasteiger partial charge in [0.25, 0.3) is 5.91 Å². The summed E-state index contributed by atoms with van der Waals surface area (Å²) in [5.41, 5.74) is 2.82. The molecule has 3 N–H and O–H groups in total. The lowest BCUT2D eigenvalue weighted by Gasteiger charge is -2.11. The first-order chi connectivity index (χ1) is 13.1. The van der Waals surface area contributed by atoms with E-state index >= 15 is 0 Å². The molecule has 2 aromatic rings. The van der Waals surface area contributed by atoms with E-state index < -0.39 is 0 Å². The lowest BCUT2D eigenvalue weighted by molar-refractivity contribution is 0.0956. The fraction of sp³-hybridized carbons (Fsp3) is 0.350. The van der Waals surface area contributed by atoms with Gasteiger partial charge in [0.1, 0.15) is 5.15 Å². The highest BCUT2D eigenvalue weighted by Crippen LogP contribution is 2.07. The van der Waals surface area contributed by atoms with Gasteiger partial charge in [-0.05, 0) is 49.6 Å². The molecular formula is C20H27ClIN5O. The van der Waals surface area contributed by atoms with Gasteiger partial charge in [0.15, 0.2) is 5.96 Å². The molecule has 1 aromatic heterocycles. The fourth-order valence-corrected chi connectivity index (χ4v) is 2.53. The molecular weight excluding hydrogens is 489 g/mol. The number of benzene rings is 1. The van der Waals surface area contributed by atoms with Crippen LogP contribution in [0.2, 0.25) is 5.15 Å². The topological polar surface area (TPSA) is 78.4 Å². The first-order valence-corrected chi connectivity index (χ1v) is 9.50. The summed E-state index contributed by atoms with van der Waals surface area (Å²) in [5.74, 6) is 0.700. The molecule has 0 bridgehead atoms. The predicted octanol–water partition coefficient (Wildman–Crippen LogP) is 3.40. The highest BCUT2D eigenvalue weighted by molar-refractivity contribution is 14.0. The molecule has 2 rings (SSSR count). The normalized spacial score (nSPS) is 10.8. The summed E-state index contributed by atoms with van der Waals surface area (Å²) in [6, 6.07) is 11.3. The number of pyridine rings is 1. The molecule has 1 amide bonds. The number of guanidine groups is 1. The van der Waals surface area contributed by atoms with E-state index in [4.69, 9.17) is 11.6 Å². The Morgan fingerprint density at radius 3 is 2.29 bits per heavy atom. The van der Waals surface area contributed by atoms with Crippen LogP contribution in [0.4, 0.5) is 0 Å². The maximum absolute atomic E-state index is 11.8. The predicted molar refractivity (Wildman–Crippen MR) is 126 cm³/mol. The summed E-state index contributed by atoms with van der Waals surface area (Å²) < 4.78 is 0. The van der Waals surface area contributed by atoms with Crippen LogP contribution < -0.4 is 16.0 Å². The first kappa shape index (κ1) is 24.2. The van der Waals surface area contributed by atoms with E-state index in [-0.39, 0.29) is 29.9 Å². The van der Waals surface area contributed by atoms with Gasteiger partial charge < -0.3 is 16.0 Å². The average Bonchev–Trinajstić information content (AvgIpc) is 2.68. The van der Waals surface area contributed by atoms with Crippen molar-refractivity contribution >= 4 is 47.4 Å². The average molecular weight is 516 g/mol. The van der Waals surface area contributed by atoms with E-state index in [1.165, 1.54) is 0 Å². The Morgan fingerprint density at radius 1 is 1.00 bits per heavy atom. The number of hydrogen-bond donors (Lipinski definition) is 3. The van der Waals surface area contributed by atoms with Crippen molar-refractivity contribution in [3.63, 3.8) is 0 Å². The fourth-order valence-electron chi connectivity index (χ4n) is 2.42. The molecule has 0 saturated carbocycles. The van der Waals surface area contributed by atoms with Gasteiger partial charge in [0, 0.05) is 31.4 Å². The number of aromatic nitrogens is 1. The summed E-state index contributed by atoms with van der Waals surface area (Å²) in [6.45, 7) is 6.61. The summed E-state index contributed by atoms with van der Waals surface area (Å²) in [6.07, 6.45) is 2.61. The Kier molecular flexibility index (Phi) is 11.5. The Hall–Kier alpha value is -1.87. The summed E-state index contributed by atoms with van der Waals surface area (Å²) in [4.78, 5) is 20.5. The van der Waals surface area contributed by atoms with Gasteiger partial charge in [-0.1, -0.05) is 29.8 Å². The van der Waals surface area contributed by atoms with Crippen molar-refractivity contribution in [2.45, 2.75) is 26.8 Å². The van der Waals surface area contributed by atoms with E-state index in [1.54, 1.807) is 12.3 Å². The van der Waals surface area contributed by atoms with Crippen LogP contribution in [-0.4, -0.2) is 36.5 Å². The van der Waals surface area contributed by atoms with Gasteiger partial charge in [-0.2, -0.15) is 0 Å². The third kappa shape index (κ3) is 8.43. The largest absolute Gasteiger partial charge is 0.357 e. The Labute approximate surface area is 188 Å². The Balaban J connectivity index is 0.00000392. The third-order valence-corrected chi connectivity index (χ3v) is 4.04. The first-order valence-electron chi connectivity index (χ1n) is 9.12. The standard InChI is InChI=1S/C20H26ClN5O.HI/c1-3-22-19(27)17-8-5-15(6-9-17)14-26-20(23-4-2)24-12-11-16-7-10-18(21)25-13-16;/h5-10,13H,3-4,11-12,14H2,1-2H3,(H,22,27)(H2,23,24,26);1H. The molecule has 152 valence electrons. The molecule has 0 aliphatic heterocycles. The molecule has 1 aromatic carbocycles. The molecule has 0 aliphatic carbocycles. The van der Waals surface area contributed by atoms with Crippen LogP contribution in [-0.2, 0) is 13.0 Å². The molecule has 0 saturated heterocycles. The number of rotatable bonds is 8. The molecule has 6 nitrogen and oxygen atoms in total. The molecule has 0 radical (unpaired) electrons. The molecule has 0 atom stereocenters. The van der Waals surface area contributed by atoms with Gasteiger partial charge in [0.05, 0.1) is 6.54 Å². The highest BCUT2D eigenvalue weighted by Gasteiger charge is 2.04. The smallest absolute Gasteiger partial charge is 0.251 e. The zero-order chi connectivity index (χ0) is 19.5. The number of carbonyl (C=O) groups is 1. The van der Waals surface area contributed by atoms with Crippen LogP contribution >= 0.6 is 35.6 Å². The molecule has 0 fully saturated rings. The summed E-state index contributed by atoms with van der Waals surface area (Å²) >= 11 is 5.80. The number of hydrogen-bond acceptors (Lipinski definition) is 3. The van der Waals surface area contributed by atoms with Crippen molar-refractivity contribution in [1.82, 2.24) is 20.9 Å². The van der Waals surface area contributed by atoms with Crippen molar-refractivity contribution in [3.8, 4) is 0 Å². The second-order valence-electron chi connectivity index (χ2n) is 5.92. The van der Waals surface area contributed by atoms with Crippen LogP contribution in [0.15, 0.2) is 47.6 Å². The molecule has 8 heteroatoms. The van der Waals surface area contributed by atoms with Gasteiger partial charge in [-0.25, -0.2) is 9.98 Å². The minimum atomic E-state index is -0.0563. The van der Waals surface area contributed by atoms with E-state index in [0.29, 0.717) is 23.8 Å². The van der Waals surface area contributed by atoms with Gasteiger partial charge in [0.2, 0.25) is 0 Å². The monoisotopic (exact) mass is 515 g/mol. The highest BCUT2D eigenvalue weighted by atomic mass is 127. The zero-order valence-electron chi connectivity index (χ0n) is 16.2. The number of carbonyl (C=O) groups excluding carboxylic acids is 1. The second kappa shape index (κ2) is 13.3. The minimum absolute atomic E-state index is 0. The third-order valence-electron chi connectivity index (χ3n) is 3.81. The van der Waals surface area contributed by atoms with Crippen LogP contribution in [0.25, 0.3) is 0 Å². The van der Waals surface area contributed by atoms with Gasteiger partial charge in [-0.3, -0.25) is 4.79 Å². The molecule has 0 spiro atoms. The maximum Gasteiger partial charge on any atom is 0.251 e. The van der Waals surface area contributed by atoms with Crippen molar-refractivity contribution in [2.75, 3.05) is 19.6 Å². The molecule has 0 unspecified atom stereocenters. The van der Waals surface area contributed by atoms with Crippen LogP contribution in [0.1, 0.15) is 35.3 Å². The van der Waals surface area contributed by atoms with E-state index in [0.717, 1.165) is 36.6 Å². The quantitative estimate of drug-likeness (QED) is 0.218. The number of amides is 1.